The van der Waals surface area contributed by atoms with Crippen molar-refractivity contribution < 1.29 is 18.8 Å². The third kappa shape index (κ3) is 2.53. The maximum atomic E-state index is 13.3. The minimum absolute atomic E-state index is 0.306. The largest absolute Gasteiger partial charge is 0.467 e. The van der Waals surface area contributed by atoms with Crippen LogP contribution in [-0.2, 0) is 14.4 Å². The van der Waals surface area contributed by atoms with E-state index in [0.717, 1.165) is 0 Å². The number of anilines is 2. The molecule has 0 spiro atoms. The number of carbonyl (C=O) groups excluding carboxylic acids is 2. The van der Waals surface area contributed by atoms with Crippen molar-refractivity contribution in [1.29, 1.82) is 0 Å². The first-order valence-electron chi connectivity index (χ1n) is 8.83. The first-order valence-corrected chi connectivity index (χ1v) is 9.21. The molecule has 0 saturated carbocycles. The summed E-state index contributed by atoms with van der Waals surface area (Å²) in [6, 6.07) is 18.9. The van der Waals surface area contributed by atoms with Crippen LogP contribution < -0.4 is 9.96 Å². The monoisotopic (exact) mass is 394 g/mol. The summed E-state index contributed by atoms with van der Waals surface area (Å²) in [7, 11) is 0. The predicted octanol–water partition coefficient (Wildman–Crippen LogP) is 3.98. The minimum Gasteiger partial charge on any atom is -0.467 e. The molecule has 0 aliphatic carbocycles. The van der Waals surface area contributed by atoms with Crippen LogP contribution in [0.25, 0.3) is 0 Å². The molecule has 2 saturated heterocycles. The van der Waals surface area contributed by atoms with Gasteiger partial charge in [0.25, 0.3) is 5.91 Å². The summed E-state index contributed by atoms with van der Waals surface area (Å²) < 4.78 is 5.60. The van der Waals surface area contributed by atoms with Gasteiger partial charge in [0.1, 0.15) is 17.7 Å². The van der Waals surface area contributed by atoms with E-state index in [0.29, 0.717) is 22.2 Å². The number of fused-ring (bicyclic) bond motifs is 1. The number of benzene rings is 2. The maximum absolute atomic E-state index is 13.3. The molecule has 0 unspecified atom stereocenters. The van der Waals surface area contributed by atoms with Crippen molar-refractivity contribution >= 4 is 34.8 Å². The highest BCUT2D eigenvalue weighted by molar-refractivity contribution is 6.30. The van der Waals surface area contributed by atoms with Gasteiger partial charge in [-0.3, -0.25) is 14.4 Å². The molecular weight excluding hydrogens is 380 g/mol. The van der Waals surface area contributed by atoms with E-state index in [1.807, 2.05) is 6.07 Å². The highest BCUT2D eigenvalue weighted by Crippen LogP contribution is 2.47. The highest BCUT2D eigenvalue weighted by Gasteiger charge is 2.61. The van der Waals surface area contributed by atoms with Gasteiger partial charge in [-0.1, -0.05) is 29.8 Å². The van der Waals surface area contributed by atoms with E-state index in [1.165, 1.54) is 4.90 Å². The molecule has 140 valence electrons. The Morgan fingerprint density at radius 3 is 2.25 bits per heavy atom. The normalized spacial score (nSPS) is 24.1. The van der Waals surface area contributed by atoms with Gasteiger partial charge in [-0.15, -0.1) is 0 Å². The Balaban J connectivity index is 1.57. The van der Waals surface area contributed by atoms with Gasteiger partial charge in [0, 0.05) is 5.02 Å². The zero-order valence-corrected chi connectivity index (χ0v) is 15.3. The Morgan fingerprint density at radius 2 is 1.57 bits per heavy atom. The summed E-state index contributed by atoms with van der Waals surface area (Å²) >= 11 is 5.99. The van der Waals surface area contributed by atoms with Crippen molar-refractivity contribution in [2.75, 3.05) is 9.96 Å². The Hall–Kier alpha value is -3.09. The maximum Gasteiger partial charge on any atom is 0.266 e. The average Bonchev–Trinajstić information content (AvgIpc) is 3.41. The van der Waals surface area contributed by atoms with E-state index in [4.69, 9.17) is 20.9 Å². The second-order valence-electron chi connectivity index (χ2n) is 6.66. The van der Waals surface area contributed by atoms with Crippen molar-refractivity contribution in [2.24, 2.45) is 5.92 Å². The van der Waals surface area contributed by atoms with Crippen molar-refractivity contribution in [1.82, 2.24) is 0 Å². The number of nitrogens with zero attached hydrogens (tertiary/aromatic N) is 2. The van der Waals surface area contributed by atoms with Crippen molar-refractivity contribution in [3.63, 3.8) is 0 Å². The van der Waals surface area contributed by atoms with E-state index in [9.17, 15) is 9.59 Å². The number of amides is 2. The van der Waals surface area contributed by atoms with Gasteiger partial charge in [0.05, 0.1) is 17.6 Å². The topological polar surface area (TPSA) is 63.0 Å². The molecule has 3 heterocycles. The number of carbonyl (C=O) groups is 2. The van der Waals surface area contributed by atoms with Crippen LogP contribution in [0, 0.1) is 5.92 Å². The summed E-state index contributed by atoms with van der Waals surface area (Å²) in [6.45, 7) is 0. The smallest absolute Gasteiger partial charge is 0.266 e. The molecule has 1 aromatic heterocycles. The van der Waals surface area contributed by atoms with Gasteiger partial charge in [0.15, 0.2) is 6.10 Å². The van der Waals surface area contributed by atoms with Gasteiger partial charge >= 0.3 is 0 Å². The van der Waals surface area contributed by atoms with Crippen LogP contribution in [0.5, 0.6) is 0 Å². The van der Waals surface area contributed by atoms with E-state index in [2.05, 4.69) is 0 Å². The Kier molecular flexibility index (Phi) is 3.96. The van der Waals surface area contributed by atoms with E-state index in [-0.39, 0.29) is 11.8 Å². The number of hydrogen-bond donors (Lipinski definition) is 0. The molecule has 3 atom stereocenters. The van der Waals surface area contributed by atoms with Crippen LogP contribution in [0.2, 0.25) is 5.02 Å². The van der Waals surface area contributed by atoms with Crippen LogP contribution in [-0.4, -0.2) is 17.9 Å². The molecule has 5 rings (SSSR count). The van der Waals surface area contributed by atoms with Crippen LogP contribution in [0.3, 0.4) is 0 Å². The molecule has 0 N–H and O–H groups in total. The summed E-state index contributed by atoms with van der Waals surface area (Å²) in [5, 5.41) is 2.16. The fraction of sp³-hybridized carbons (Fsp3) is 0.143. The van der Waals surface area contributed by atoms with Crippen LogP contribution in [0.1, 0.15) is 11.8 Å². The SMILES string of the molecule is O=C1[C@@H]2[C@H](ON(c3ccc(Cl)cc3)[C@@H]2c2ccco2)C(=O)N1c1ccccc1. The lowest BCUT2D eigenvalue weighted by Gasteiger charge is -2.27. The first-order chi connectivity index (χ1) is 13.6. The van der Waals surface area contributed by atoms with Gasteiger partial charge in [-0.25, -0.2) is 9.96 Å². The Labute approximate surface area is 165 Å². The number of halogens is 1. The second-order valence-corrected chi connectivity index (χ2v) is 7.10. The van der Waals surface area contributed by atoms with E-state index in [1.54, 1.807) is 72.0 Å². The molecule has 0 radical (unpaired) electrons. The lowest BCUT2D eigenvalue weighted by molar-refractivity contribution is -0.126. The quantitative estimate of drug-likeness (QED) is 0.629. The highest BCUT2D eigenvalue weighted by atomic mass is 35.5. The number of furan rings is 1. The predicted molar refractivity (Wildman–Crippen MR) is 103 cm³/mol. The lowest BCUT2D eigenvalue weighted by atomic mass is 9.94. The fourth-order valence-corrected chi connectivity index (χ4v) is 3.93. The molecule has 2 aliphatic rings. The van der Waals surface area contributed by atoms with Crippen LogP contribution >= 0.6 is 11.6 Å². The van der Waals surface area contributed by atoms with Crippen molar-refractivity contribution in [3.8, 4) is 0 Å². The van der Waals surface area contributed by atoms with E-state index >= 15 is 0 Å². The Bertz CT molecular complexity index is 1020. The molecule has 2 aliphatic heterocycles. The fourth-order valence-electron chi connectivity index (χ4n) is 3.81. The summed E-state index contributed by atoms with van der Waals surface area (Å²) in [4.78, 5) is 33.5. The minimum atomic E-state index is -0.918. The molecule has 2 aromatic carbocycles. The summed E-state index contributed by atoms with van der Waals surface area (Å²) in [5.74, 6) is -0.846. The van der Waals surface area contributed by atoms with Crippen LogP contribution in [0.15, 0.2) is 77.4 Å². The standard InChI is InChI=1S/C21H15ClN2O4/c22-13-8-10-15(11-9-13)24-18(16-7-4-12-27-16)17-19(28-24)21(26)23(20(17)25)14-5-2-1-3-6-14/h1-12,17-19H/t17-,18+,19-/m0/s1. The zero-order valence-electron chi connectivity index (χ0n) is 14.6. The first kappa shape index (κ1) is 17.0. The van der Waals surface area contributed by atoms with Gasteiger partial charge < -0.3 is 4.42 Å². The number of hydrogen-bond acceptors (Lipinski definition) is 5. The lowest BCUT2D eigenvalue weighted by Crippen LogP contribution is -2.37. The molecule has 7 heteroatoms. The molecule has 3 aromatic rings. The average molecular weight is 395 g/mol. The number of imide groups is 1. The van der Waals surface area contributed by atoms with E-state index < -0.39 is 18.1 Å². The van der Waals surface area contributed by atoms with Crippen LogP contribution in [0.4, 0.5) is 11.4 Å². The van der Waals surface area contributed by atoms with Crippen molar-refractivity contribution in [2.45, 2.75) is 12.1 Å². The molecule has 2 amide bonds. The number of para-hydroxylation sites is 1. The van der Waals surface area contributed by atoms with Gasteiger partial charge in [-0.2, -0.15) is 0 Å². The molecular formula is C21H15ClN2O4. The number of hydroxylamine groups is 1. The molecule has 0 bridgehead atoms. The Morgan fingerprint density at radius 1 is 0.821 bits per heavy atom. The number of rotatable bonds is 3. The van der Waals surface area contributed by atoms with Gasteiger partial charge in [0.2, 0.25) is 5.91 Å². The second kappa shape index (κ2) is 6.51. The summed E-state index contributed by atoms with van der Waals surface area (Å²) in [5.41, 5.74) is 1.22. The molecule has 6 nitrogen and oxygen atoms in total. The zero-order chi connectivity index (χ0) is 19.3. The molecule has 28 heavy (non-hydrogen) atoms. The molecule has 2 fully saturated rings. The third-order valence-electron chi connectivity index (χ3n) is 5.05. The third-order valence-corrected chi connectivity index (χ3v) is 5.30. The summed E-state index contributed by atoms with van der Waals surface area (Å²) in [6.07, 6.45) is 0.623. The van der Waals surface area contributed by atoms with Crippen molar-refractivity contribution in [3.05, 3.63) is 83.8 Å². The van der Waals surface area contributed by atoms with Gasteiger partial charge in [-0.05, 0) is 48.5 Å².